The Labute approximate surface area is 119 Å². The van der Waals surface area contributed by atoms with Gasteiger partial charge in [0.15, 0.2) is 0 Å². The molecule has 92 valence electrons. The van der Waals surface area contributed by atoms with Crippen LogP contribution in [0.4, 0.5) is 0 Å². The fourth-order valence-corrected chi connectivity index (χ4v) is 2.59. The Morgan fingerprint density at radius 3 is 1.60 bits per heavy atom. The van der Waals surface area contributed by atoms with Crippen molar-refractivity contribution in [2.45, 2.75) is 75.1 Å². The van der Waals surface area contributed by atoms with E-state index in [-0.39, 0.29) is 12.4 Å². The highest BCUT2D eigenvalue weighted by Gasteiger charge is 1.85. The molecule has 0 rings (SSSR count). The molecule has 0 aromatic heterocycles. The highest BCUT2D eigenvalue weighted by molar-refractivity contribution is 6.34. The second kappa shape index (κ2) is 24.5. The third kappa shape index (κ3) is 31.3. The van der Waals surface area contributed by atoms with E-state index in [1.54, 1.807) is 0 Å². The van der Waals surface area contributed by atoms with E-state index < -0.39 is 0 Å². The molecule has 0 saturated carbocycles. The van der Waals surface area contributed by atoms with Crippen molar-refractivity contribution in [3.8, 4) is 0 Å². The van der Waals surface area contributed by atoms with E-state index in [0.717, 1.165) is 0 Å². The first-order valence-corrected chi connectivity index (χ1v) is 10.2. The summed E-state index contributed by atoms with van der Waals surface area (Å²) in [6.45, 7) is 6.82. The molecular formula is C12H31Al2Cl. The summed E-state index contributed by atoms with van der Waals surface area (Å²) in [7, 11) is 0. The zero-order chi connectivity index (χ0) is 11.1. The molecule has 0 amide bonds. The van der Waals surface area contributed by atoms with Crippen LogP contribution in [-0.4, -0.2) is 31.5 Å². The standard InChI is InChI=1S/C8H17.2C2H5.2Al.ClH.3H/c1-3-5-7-8-6-4-2;2*1-2;;;;;;/h1,3-8H2,2H3;2*1H2,2H3;;;1H;;;. The maximum Gasteiger partial charge on any atom is 0.236 e. The molecule has 0 spiro atoms. The molecule has 0 nitrogen and oxygen atoms in total. The summed E-state index contributed by atoms with van der Waals surface area (Å²) in [5.41, 5.74) is 0. The smallest absolute Gasteiger partial charge is 0.147 e. The molecule has 0 heterocycles. The molecule has 0 N–H and O–H groups in total. The lowest BCUT2D eigenvalue weighted by atomic mass is 10.1. The lowest BCUT2D eigenvalue weighted by molar-refractivity contribution is 0.624. The molecule has 0 aliphatic carbocycles. The summed E-state index contributed by atoms with van der Waals surface area (Å²) in [4.78, 5) is 0. The maximum absolute atomic E-state index is 2.27. The van der Waals surface area contributed by atoms with Crippen LogP contribution in [-0.2, 0) is 0 Å². The van der Waals surface area contributed by atoms with Crippen molar-refractivity contribution in [3.05, 3.63) is 0 Å². The largest absolute Gasteiger partial charge is 0.236 e. The van der Waals surface area contributed by atoms with Gasteiger partial charge in [0.2, 0.25) is 31.5 Å². The summed E-state index contributed by atoms with van der Waals surface area (Å²) in [6, 6.07) is 0. The van der Waals surface area contributed by atoms with E-state index in [0.29, 0.717) is 15.2 Å². The summed E-state index contributed by atoms with van der Waals surface area (Å²) >= 11 is 1.84. The lowest BCUT2D eigenvalue weighted by Gasteiger charge is -1.96. The number of hydrogen-bond acceptors (Lipinski definition) is 0. The molecule has 0 aromatic rings. The Bertz CT molecular complexity index is 72.0. The Morgan fingerprint density at radius 1 is 0.800 bits per heavy atom. The minimum Gasteiger partial charge on any atom is -0.147 e. The van der Waals surface area contributed by atoms with Crippen LogP contribution in [0.15, 0.2) is 0 Å². The molecule has 0 fully saturated rings. The highest BCUT2D eigenvalue weighted by Crippen LogP contribution is 2.05. The summed E-state index contributed by atoms with van der Waals surface area (Å²) in [5.74, 6) is 0. The normalized spacial score (nSPS) is 8.47. The molecule has 3 heteroatoms. The Hall–Kier alpha value is 1.35. The van der Waals surface area contributed by atoms with Crippen LogP contribution in [0.25, 0.3) is 0 Å². The van der Waals surface area contributed by atoms with Gasteiger partial charge in [0.1, 0.15) is 0 Å². The average molecular weight is 265 g/mol. The van der Waals surface area contributed by atoms with Gasteiger partial charge < -0.3 is 0 Å². The second-order valence-electron chi connectivity index (χ2n) is 4.12. The lowest BCUT2D eigenvalue weighted by Crippen LogP contribution is -1.77. The van der Waals surface area contributed by atoms with Gasteiger partial charge in [-0.3, -0.25) is 0 Å². The van der Waals surface area contributed by atoms with Gasteiger partial charge in [0.05, 0.1) is 0 Å². The topological polar surface area (TPSA) is 0 Å². The van der Waals surface area contributed by atoms with Crippen LogP contribution in [0.2, 0.25) is 15.8 Å². The van der Waals surface area contributed by atoms with Crippen LogP contribution in [0.3, 0.4) is 0 Å². The van der Waals surface area contributed by atoms with Crippen molar-refractivity contribution < 1.29 is 0 Å². The van der Waals surface area contributed by atoms with Crippen LogP contribution < -0.4 is 0 Å². The zero-order valence-electron chi connectivity index (χ0n) is 11.5. The molecule has 0 aliphatic rings. The van der Waals surface area contributed by atoms with Gasteiger partial charge in [-0.1, -0.05) is 59.3 Å². The van der Waals surface area contributed by atoms with Gasteiger partial charge in [-0.15, -0.1) is 28.3 Å². The van der Waals surface area contributed by atoms with Crippen molar-refractivity contribution in [2.75, 3.05) is 0 Å². The van der Waals surface area contributed by atoms with Crippen LogP contribution in [0, 0.1) is 0 Å². The van der Waals surface area contributed by atoms with E-state index in [9.17, 15) is 0 Å². The molecule has 0 bridgehead atoms. The van der Waals surface area contributed by atoms with Gasteiger partial charge in [0.25, 0.3) is 0 Å². The average Bonchev–Trinajstić information content (AvgIpc) is 2.20. The van der Waals surface area contributed by atoms with Crippen LogP contribution in [0.1, 0.15) is 59.3 Å². The highest BCUT2D eigenvalue weighted by atomic mass is 35.5. The fraction of sp³-hybridized carbons (Fsp3) is 1.00. The molecule has 0 saturated heterocycles. The SMILES string of the molecule is CCCCCCC[CH2][AlH2].C[CH2][AlH][CH2]C.Cl. The van der Waals surface area contributed by atoms with Crippen molar-refractivity contribution in [3.63, 3.8) is 0 Å². The Balaban J connectivity index is -0.000000208. The molecular weight excluding hydrogens is 234 g/mol. The van der Waals surface area contributed by atoms with E-state index in [4.69, 9.17) is 0 Å². The molecule has 0 atom stereocenters. The minimum absolute atomic E-state index is 0. The first-order valence-electron chi connectivity index (χ1n) is 6.83. The zero-order valence-corrected chi connectivity index (χ0v) is 15.7. The van der Waals surface area contributed by atoms with Crippen LogP contribution in [0.5, 0.6) is 0 Å². The van der Waals surface area contributed by atoms with E-state index >= 15 is 0 Å². The van der Waals surface area contributed by atoms with Gasteiger partial charge in [0, 0.05) is 0 Å². The van der Waals surface area contributed by atoms with Gasteiger partial charge in [-0.2, -0.15) is 0 Å². The number of halogens is 1. The van der Waals surface area contributed by atoms with Crippen LogP contribution >= 0.6 is 12.4 Å². The summed E-state index contributed by atoms with van der Waals surface area (Å²) in [6.07, 6.45) is 8.76. The maximum atomic E-state index is 2.27. The van der Waals surface area contributed by atoms with Gasteiger partial charge in [-0.25, -0.2) is 0 Å². The summed E-state index contributed by atoms with van der Waals surface area (Å²) in [5, 5.41) is 4.47. The van der Waals surface area contributed by atoms with E-state index in [1.807, 2.05) is 0 Å². The molecule has 0 radical (unpaired) electrons. The minimum atomic E-state index is 0. The van der Waals surface area contributed by atoms with Crippen molar-refractivity contribution >= 4 is 43.9 Å². The third-order valence-electron chi connectivity index (χ3n) is 2.41. The molecule has 0 aliphatic heterocycles. The summed E-state index contributed by atoms with van der Waals surface area (Å²) < 4.78 is 0. The van der Waals surface area contributed by atoms with Crippen molar-refractivity contribution in [1.82, 2.24) is 0 Å². The first-order chi connectivity index (χ1) is 6.83. The molecule has 0 unspecified atom stereocenters. The molecule has 0 aromatic carbocycles. The monoisotopic (exact) mass is 264 g/mol. The second-order valence-corrected chi connectivity index (χ2v) is 7.83. The molecule has 15 heavy (non-hydrogen) atoms. The third-order valence-corrected chi connectivity index (χ3v) is 4.54. The quantitative estimate of drug-likeness (QED) is 0.457. The van der Waals surface area contributed by atoms with Crippen molar-refractivity contribution in [2.24, 2.45) is 0 Å². The predicted molar refractivity (Wildman–Crippen MR) is 82.1 cm³/mol. The van der Waals surface area contributed by atoms with Gasteiger partial charge >= 0.3 is 0 Å². The number of unbranched alkanes of at least 4 members (excludes halogenated alkanes) is 5. The number of hydrogen-bond donors (Lipinski definition) is 0. The van der Waals surface area contributed by atoms with Crippen molar-refractivity contribution in [1.29, 1.82) is 0 Å². The van der Waals surface area contributed by atoms with E-state index in [2.05, 4.69) is 20.8 Å². The predicted octanol–water partition coefficient (Wildman–Crippen LogP) is 4.12. The van der Waals surface area contributed by atoms with Gasteiger partial charge in [-0.05, 0) is 0 Å². The Morgan fingerprint density at radius 2 is 1.27 bits per heavy atom. The number of rotatable bonds is 8. The van der Waals surface area contributed by atoms with E-state index in [1.165, 1.54) is 70.7 Å². The Kier molecular flexibility index (Phi) is 35.4. The first kappa shape index (κ1) is 21.6. The fourth-order valence-electron chi connectivity index (χ4n) is 1.38.